The van der Waals surface area contributed by atoms with Gasteiger partial charge in [-0.05, 0) is 19.9 Å². The fraction of sp³-hybridized carbons (Fsp3) is 0.188. The average Bonchev–Trinajstić information content (AvgIpc) is 2.92. The van der Waals surface area contributed by atoms with Gasteiger partial charge in [0.25, 0.3) is 5.56 Å². The van der Waals surface area contributed by atoms with Crippen LogP contribution in [0.2, 0.25) is 0 Å². The van der Waals surface area contributed by atoms with E-state index in [2.05, 4.69) is 5.10 Å². The molecule has 0 bridgehead atoms. The van der Waals surface area contributed by atoms with Gasteiger partial charge >= 0.3 is 5.97 Å². The van der Waals surface area contributed by atoms with Crippen LogP contribution in [0, 0.1) is 6.92 Å². The Hall–Kier alpha value is -2.89. The molecule has 0 saturated carbocycles. The number of carboxylic acids is 1. The molecule has 3 aromatic rings. The lowest BCUT2D eigenvalue weighted by Gasteiger charge is -2.09. The van der Waals surface area contributed by atoms with E-state index >= 15 is 0 Å². The van der Waals surface area contributed by atoms with Gasteiger partial charge in [-0.25, -0.2) is 4.79 Å². The highest BCUT2D eigenvalue weighted by Crippen LogP contribution is 2.20. The number of benzene rings is 1. The highest BCUT2D eigenvalue weighted by atomic mass is 16.4. The maximum Gasteiger partial charge on any atom is 0.352 e. The van der Waals surface area contributed by atoms with Crippen molar-refractivity contribution in [3.63, 3.8) is 0 Å². The molecule has 0 aliphatic carbocycles. The van der Waals surface area contributed by atoms with Crippen molar-refractivity contribution in [2.45, 2.75) is 20.4 Å². The number of rotatable bonds is 3. The molecule has 2 aromatic heterocycles. The van der Waals surface area contributed by atoms with Crippen molar-refractivity contribution in [3.8, 4) is 11.3 Å². The SMILES string of the molecule is CCn1c(C(=O)O)cc(=O)n2nc(-c3cccc(C)c3)cc12. The Morgan fingerprint density at radius 1 is 1.27 bits per heavy atom. The largest absolute Gasteiger partial charge is 0.477 e. The van der Waals surface area contributed by atoms with Crippen molar-refractivity contribution in [2.24, 2.45) is 0 Å². The molecule has 0 unspecified atom stereocenters. The molecule has 0 fully saturated rings. The molecule has 1 N–H and O–H groups in total. The monoisotopic (exact) mass is 297 g/mol. The van der Waals surface area contributed by atoms with Crippen molar-refractivity contribution < 1.29 is 9.90 Å². The normalized spacial score (nSPS) is 11.0. The average molecular weight is 297 g/mol. The molecule has 0 aliphatic heterocycles. The molecule has 0 aliphatic rings. The van der Waals surface area contributed by atoms with Gasteiger partial charge in [-0.3, -0.25) is 4.79 Å². The smallest absolute Gasteiger partial charge is 0.352 e. The fourth-order valence-corrected chi connectivity index (χ4v) is 2.56. The second kappa shape index (κ2) is 5.14. The molecule has 0 atom stereocenters. The summed E-state index contributed by atoms with van der Waals surface area (Å²) in [5, 5.41) is 13.6. The first-order chi connectivity index (χ1) is 10.5. The third kappa shape index (κ3) is 2.18. The Balaban J connectivity index is 2.32. The molecule has 6 nitrogen and oxygen atoms in total. The Morgan fingerprint density at radius 2 is 2.05 bits per heavy atom. The zero-order valence-electron chi connectivity index (χ0n) is 12.3. The zero-order chi connectivity index (χ0) is 15.9. The molecule has 1 aromatic carbocycles. The number of carboxylic acid groups (broad SMARTS) is 1. The Labute approximate surface area is 126 Å². The van der Waals surface area contributed by atoms with E-state index in [0.29, 0.717) is 17.9 Å². The molecule has 0 radical (unpaired) electrons. The Bertz CT molecular complexity index is 937. The number of aromatic nitrogens is 3. The molecule has 22 heavy (non-hydrogen) atoms. The molecule has 0 spiro atoms. The number of nitrogens with zero attached hydrogens (tertiary/aromatic N) is 3. The van der Waals surface area contributed by atoms with Gasteiger partial charge in [0, 0.05) is 24.2 Å². The standard InChI is InChI=1S/C16H15N3O3/c1-3-18-13(16(21)22)9-15(20)19-14(18)8-12(17-19)11-6-4-5-10(2)7-11/h4-9H,3H2,1-2H3,(H,21,22). The van der Waals surface area contributed by atoms with E-state index in [1.807, 2.05) is 38.1 Å². The molecule has 3 rings (SSSR count). The van der Waals surface area contributed by atoms with Crippen molar-refractivity contribution in [2.75, 3.05) is 0 Å². The topological polar surface area (TPSA) is 76.6 Å². The summed E-state index contributed by atoms with van der Waals surface area (Å²) in [4.78, 5) is 23.4. The lowest BCUT2D eigenvalue weighted by atomic mass is 10.1. The van der Waals surface area contributed by atoms with Crippen LogP contribution in [0.4, 0.5) is 0 Å². The van der Waals surface area contributed by atoms with Crippen molar-refractivity contribution in [1.82, 2.24) is 14.2 Å². The van der Waals surface area contributed by atoms with E-state index in [9.17, 15) is 14.7 Å². The summed E-state index contributed by atoms with van der Waals surface area (Å²) in [6.45, 7) is 4.24. The van der Waals surface area contributed by atoms with Gasteiger partial charge in [-0.1, -0.05) is 23.8 Å². The summed E-state index contributed by atoms with van der Waals surface area (Å²) in [5.74, 6) is -1.13. The first-order valence-corrected chi connectivity index (χ1v) is 6.95. The van der Waals surface area contributed by atoms with E-state index < -0.39 is 11.5 Å². The quantitative estimate of drug-likeness (QED) is 0.804. The van der Waals surface area contributed by atoms with E-state index in [1.165, 1.54) is 4.52 Å². The summed E-state index contributed by atoms with van der Waals surface area (Å²) in [7, 11) is 0. The number of aryl methyl sites for hydroxylation is 2. The molecular formula is C16H15N3O3. The van der Waals surface area contributed by atoms with Crippen LogP contribution in [-0.2, 0) is 6.54 Å². The van der Waals surface area contributed by atoms with Crippen LogP contribution < -0.4 is 5.56 Å². The second-order valence-corrected chi connectivity index (χ2v) is 5.09. The minimum Gasteiger partial charge on any atom is -0.477 e. The number of carbonyl (C=O) groups is 1. The van der Waals surface area contributed by atoms with Crippen LogP contribution in [0.15, 0.2) is 41.2 Å². The van der Waals surface area contributed by atoms with Crippen LogP contribution in [0.3, 0.4) is 0 Å². The molecule has 112 valence electrons. The van der Waals surface area contributed by atoms with Crippen LogP contribution in [0.25, 0.3) is 16.9 Å². The number of aromatic carboxylic acids is 1. The lowest BCUT2D eigenvalue weighted by Crippen LogP contribution is -2.23. The first kappa shape index (κ1) is 14.1. The summed E-state index contributed by atoms with van der Waals surface area (Å²) in [6.07, 6.45) is 0. The highest BCUT2D eigenvalue weighted by Gasteiger charge is 2.16. The fourth-order valence-electron chi connectivity index (χ4n) is 2.56. The third-order valence-corrected chi connectivity index (χ3v) is 3.58. The zero-order valence-corrected chi connectivity index (χ0v) is 12.3. The van der Waals surface area contributed by atoms with Crippen molar-refractivity contribution >= 4 is 11.6 Å². The van der Waals surface area contributed by atoms with Crippen molar-refractivity contribution in [1.29, 1.82) is 0 Å². The van der Waals surface area contributed by atoms with Gasteiger partial charge in [0.2, 0.25) is 0 Å². The minimum atomic E-state index is -1.13. The predicted molar refractivity (Wildman–Crippen MR) is 82.3 cm³/mol. The molecule has 2 heterocycles. The van der Waals surface area contributed by atoms with Crippen molar-refractivity contribution in [3.05, 3.63) is 58.0 Å². The van der Waals surface area contributed by atoms with E-state index in [0.717, 1.165) is 17.2 Å². The maximum atomic E-state index is 12.1. The Morgan fingerprint density at radius 3 is 2.68 bits per heavy atom. The van der Waals surface area contributed by atoms with E-state index in [4.69, 9.17) is 0 Å². The van der Waals surface area contributed by atoms with Crippen LogP contribution in [0.5, 0.6) is 0 Å². The molecular weight excluding hydrogens is 282 g/mol. The van der Waals surface area contributed by atoms with Gasteiger partial charge in [-0.2, -0.15) is 9.61 Å². The third-order valence-electron chi connectivity index (χ3n) is 3.58. The van der Waals surface area contributed by atoms with Crippen LogP contribution >= 0.6 is 0 Å². The lowest BCUT2D eigenvalue weighted by molar-refractivity contribution is 0.0684. The second-order valence-electron chi connectivity index (χ2n) is 5.09. The Kier molecular flexibility index (Phi) is 3.29. The highest BCUT2D eigenvalue weighted by molar-refractivity contribution is 5.86. The maximum absolute atomic E-state index is 12.1. The molecule has 6 heteroatoms. The van der Waals surface area contributed by atoms with Gasteiger partial charge < -0.3 is 9.67 Å². The summed E-state index contributed by atoms with van der Waals surface area (Å²) < 4.78 is 2.81. The van der Waals surface area contributed by atoms with Gasteiger partial charge in [0.15, 0.2) is 0 Å². The first-order valence-electron chi connectivity index (χ1n) is 6.95. The number of fused-ring (bicyclic) bond motifs is 1. The van der Waals surface area contributed by atoms with Crippen LogP contribution in [0.1, 0.15) is 23.0 Å². The summed E-state index contributed by atoms with van der Waals surface area (Å²) >= 11 is 0. The van der Waals surface area contributed by atoms with Gasteiger partial charge in [0.05, 0.1) is 5.69 Å². The minimum absolute atomic E-state index is 0.0318. The number of hydrogen-bond donors (Lipinski definition) is 1. The molecule has 0 amide bonds. The van der Waals surface area contributed by atoms with Gasteiger partial charge in [0.1, 0.15) is 11.3 Å². The van der Waals surface area contributed by atoms with E-state index in [-0.39, 0.29) is 5.69 Å². The van der Waals surface area contributed by atoms with Gasteiger partial charge in [-0.15, -0.1) is 0 Å². The summed E-state index contributed by atoms with van der Waals surface area (Å²) in [5.41, 5.74) is 2.62. The summed E-state index contributed by atoms with van der Waals surface area (Å²) in [6, 6.07) is 10.6. The van der Waals surface area contributed by atoms with Crippen LogP contribution in [-0.4, -0.2) is 25.3 Å². The number of hydrogen-bond acceptors (Lipinski definition) is 3. The van der Waals surface area contributed by atoms with E-state index in [1.54, 1.807) is 10.6 Å². The molecule has 0 saturated heterocycles. The predicted octanol–water partition coefficient (Wildman–Crippen LogP) is 2.19.